The number of carboxylic acids is 1. The molecule has 1 aliphatic rings. The molecule has 0 aromatic heterocycles. The van der Waals surface area contributed by atoms with Crippen LogP contribution in [0, 0.1) is 0 Å². The number of rotatable bonds is 3. The fraction of sp³-hybridized carbons (Fsp3) is 0.0714. The first-order valence-electron chi connectivity index (χ1n) is 6.03. The first-order chi connectivity index (χ1) is 10.0. The smallest absolute Gasteiger partial charge is 0.337 e. The van der Waals surface area contributed by atoms with E-state index in [-0.39, 0.29) is 28.8 Å². The second-order valence-corrected chi connectivity index (χ2v) is 4.83. The molecule has 1 aliphatic heterocycles. The van der Waals surface area contributed by atoms with E-state index in [2.05, 4.69) is 5.32 Å². The topological polar surface area (TPSA) is 93.8 Å². The van der Waals surface area contributed by atoms with Gasteiger partial charge in [0.1, 0.15) is 0 Å². The Hall–Kier alpha value is -2.60. The minimum Gasteiger partial charge on any atom is -0.478 e. The van der Waals surface area contributed by atoms with Crippen LogP contribution in [-0.4, -0.2) is 17.9 Å². The predicted octanol–water partition coefficient (Wildman–Crippen LogP) is 3.09. The number of halogens is 1. The highest BCUT2D eigenvalue weighted by Crippen LogP contribution is 2.37. The van der Waals surface area contributed by atoms with Gasteiger partial charge in [-0.3, -0.25) is 0 Å². The molecule has 0 unspecified atom stereocenters. The van der Waals surface area contributed by atoms with Crippen molar-refractivity contribution in [3.05, 3.63) is 40.9 Å². The Morgan fingerprint density at radius 1 is 1.24 bits per heavy atom. The van der Waals surface area contributed by atoms with Gasteiger partial charge in [0.2, 0.25) is 6.79 Å². The third-order valence-electron chi connectivity index (χ3n) is 2.98. The summed E-state index contributed by atoms with van der Waals surface area (Å²) < 4.78 is 10.5. The van der Waals surface area contributed by atoms with Crippen LogP contribution in [0.2, 0.25) is 5.02 Å². The lowest BCUT2D eigenvalue weighted by atomic mass is 10.1. The number of anilines is 3. The molecule has 0 aliphatic carbocycles. The van der Waals surface area contributed by atoms with Crippen LogP contribution < -0.4 is 20.5 Å². The lowest BCUT2D eigenvalue weighted by Crippen LogP contribution is -2.05. The van der Waals surface area contributed by atoms with E-state index in [9.17, 15) is 9.90 Å². The summed E-state index contributed by atoms with van der Waals surface area (Å²) in [5.41, 5.74) is 6.81. The maximum Gasteiger partial charge on any atom is 0.337 e. The molecule has 2 aromatic rings. The molecule has 4 N–H and O–H groups in total. The standard InChI is InChI=1S/C14H11ClN2O4/c15-10-4-7(16)3-9(14(18)19)13(10)17-8-1-2-11-12(5-8)21-6-20-11/h1-5,17H,6,16H2,(H,18,19). The summed E-state index contributed by atoms with van der Waals surface area (Å²) >= 11 is 6.08. The van der Waals surface area contributed by atoms with Gasteiger partial charge in [0, 0.05) is 17.4 Å². The first-order valence-corrected chi connectivity index (χ1v) is 6.41. The quantitative estimate of drug-likeness (QED) is 0.754. The zero-order valence-electron chi connectivity index (χ0n) is 10.7. The highest BCUT2D eigenvalue weighted by molar-refractivity contribution is 6.34. The molecule has 6 nitrogen and oxygen atoms in total. The van der Waals surface area contributed by atoms with Gasteiger partial charge in [-0.2, -0.15) is 0 Å². The molecule has 0 fully saturated rings. The fourth-order valence-corrected chi connectivity index (χ4v) is 2.32. The number of ether oxygens (including phenoxy) is 2. The molecule has 0 amide bonds. The van der Waals surface area contributed by atoms with E-state index < -0.39 is 5.97 Å². The van der Waals surface area contributed by atoms with Gasteiger partial charge in [0.25, 0.3) is 0 Å². The van der Waals surface area contributed by atoms with E-state index in [1.165, 1.54) is 12.1 Å². The molecule has 0 bridgehead atoms. The summed E-state index contributed by atoms with van der Waals surface area (Å²) in [7, 11) is 0. The molecule has 21 heavy (non-hydrogen) atoms. The third kappa shape index (κ3) is 2.53. The number of nitrogens with one attached hydrogen (secondary N) is 1. The molecule has 0 saturated heterocycles. The molecule has 0 saturated carbocycles. The minimum atomic E-state index is -1.12. The van der Waals surface area contributed by atoms with Crippen LogP contribution in [0.25, 0.3) is 0 Å². The largest absolute Gasteiger partial charge is 0.478 e. The Morgan fingerprint density at radius 3 is 2.76 bits per heavy atom. The van der Waals surface area contributed by atoms with Gasteiger partial charge in [0.05, 0.1) is 16.3 Å². The fourth-order valence-electron chi connectivity index (χ4n) is 2.04. The van der Waals surface area contributed by atoms with Crippen LogP contribution in [-0.2, 0) is 0 Å². The minimum absolute atomic E-state index is 0.00216. The third-order valence-corrected chi connectivity index (χ3v) is 3.28. The summed E-state index contributed by atoms with van der Waals surface area (Å²) in [4.78, 5) is 11.3. The van der Waals surface area contributed by atoms with Gasteiger partial charge >= 0.3 is 5.97 Å². The van der Waals surface area contributed by atoms with Crippen molar-refractivity contribution >= 4 is 34.6 Å². The summed E-state index contributed by atoms with van der Waals surface area (Å²) in [6.07, 6.45) is 0. The van der Waals surface area contributed by atoms with E-state index in [0.29, 0.717) is 17.2 Å². The lowest BCUT2D eigenvalue weighted by Gasteiger charge is -2.13. The molecule has 0 spiro atoms. The number of carboxylic acid groups (broad SMARTS) is 1. The van der Waals surface area contributed by atoms with Crippen LogP contribution in [0.1, 0.15) is 10.4 Å². The average Bonchev–Trinajstić information content (AvgIpc) is 2.88. The van der Waals surface area contributed by atoms with E-state index in [1.54, 1.807) is 18.2 Å². The Kier molecular flexibility index (Phi) is 3.23. The zero-order valence-corrected chi connectivity index (χ0v) is 11.5. The van der Waals surface area contributed by atoms with Crippen molar-refractivity contribution < 1.29 is 19.4 Å². The molecular formula is C14H11ClN2O4. The summed E-state index contributed by atoms with van der Waals surface area (Å²) in [5.74, 6) is 0.110. The predicted molar refractivity (Wildman–Crippen MR) is 78.7 cm³/mol. The maximum atomic E-state index is 11.3. The van der Waals surface area contributed by atoms with E-state index in [4.69, 9.17) is 26.8 Å². The number of hydrogen-bond donors (Lipinski definition) is 3. The number of nitrogens with two attached hydrogens (primary N) is 1. The zero-order chi connectivity index (χ0) is 15.0. The van der Waals surface area contributed by atoms with E-state index in [0.717, 1.165) is 0 Å². The second-order valence-electron chi connectivity index (χ2n) is 4.42. The van der Waals surface area contributed by atoms with Gasteiger partial charge in [-0.15, -0.1) is 0 Å². The Morgan fingerprint density at radius 2 is 2.00 bits per heavy atom. The molecule has 0 radical (unpaired) electrons. The maximum absolute atomic E-state index is 11.3. The molecule has 1 heterocycles. The van der Waals surface area contributed by atoms with Crippen LogP contribution in [0.15, 0.2) is 30.3 Å². The molecule has 3 rings (SSSR count). The second kappa shape index (κ2) is 5.06. The van der Waals surface area contributed by atoms with Crippen molar-refractivity contribution in [3.63, 3.8) is 0 Å². The number of benzene rings is 2. The number of carbonyl (C=O) groups is 1. The first kappa shape index (κ1) is 13.4. The van der Waals surface area contributed by atoms with Crippen molar-refractivity contribution in [1.82, 2.24) is 0 Å². The number of aromatic carboxylic acids is 1. The van der Waals surface area contributed by atoms with Crippen LogP contribution in [0.4, 0.5) is 17.1 Å². The SMILES string of the molecule is Nc1cc(Cl)c(Nc2ccc3c(c2)OCO3)c(C(=O)O)c1. The number of fused-ring (bicyclic) bond motifs is 1. The number of nitrogen functional groups attached to an aromatic ring is 1. The summed E-state index contributed by atoms with van der Waals surface area (Å²) in [5, 5.41) is 12.5. The van der Waals surface area contributed by atoms with Crippen molar-refractivity contribution in [1.29, 1.82) is 0 Å². The van der Waals surface area contributed by atoms with Crippen molar-refractivity contribution in [2.45, 2.75) is 0 Å². The van der Waals surface area contributed by atoms with Crippen LogP contribution in [0.5, 0.6) is 11.5 Å². The molecule has 2 aromatic carbocycles. The van der Waals surface area contributed by atoms with E-state index in [1.807, 2.05) is 0 Å². The van der Waals surface area contributed by atoms with Gasteiger partial charge in [0.15, 0.2) is 11.5 Å². The van der Waals surface area contributed by atoms with Gasteiger partial charge < -0.3 is 25.6 Å². The highest BCUT2D eigenvalue weighted by Gasteiger charge is 2.17. The Labute approximate surface area is 125 Å². The average molecular weight is 307 g/mol. The monoisotopic (exact) mass is 306 g/mol. The number of hydrogen-bond acceptors (Lipinski definition) is 5. The Bertz CT molecular complexity index is 733. The van der Waals surface area contributed by atoms with Gasteiger partial charge in [-0.25, -0.2) is 4.79 Å². The Balaban J connectivity index is 2.00. The van der Waals surface area contributed by atoms with Crippen molar-refractivity contribution in [2.24, 2.45) is 0 Å². The van der Waals surface area contributed by atoms with Gasteiger partial charge in [-0.1, -0.05) is 11.6 Å². The highest BCUT2D eigenvalue weighted by atomic mass is 35.5. The molecule has 0 atom stereocenters. The molecule has 7 heteroatoms. The van der Waals surface area contributed by atoms with E-state index >= 15 is 0 Å². The summed E-state index contributed by atoms with van der Waals surface area (Å²) in [6.45, 7) is 0.168. The van der Waals surface area contributed by atoms with Crippen molar-refractivity contribution in [3.8, 4) is 11.5 Å². The van der Waals surface area contributed by atoms with Gasteiger partial charge in [-0.05, 0) is 24.3 Å². The van der Waals surface area contributed by atoms with Crippen LogP contribution >= 0.6 is 11.6 Å². The molecular weight excluding hydrogens is 296 g/mol. The lowest BCUT2D eigenvalue weighted by molar-refractivity contribution is 0.0698. The molecule has 108 valence electrons. The van der Waals surface area contributed by atoms with Crippen molar-refractivity contribution in [2.75, 3.05) is 17.8 Å². The summed E-state index contributed by atoms with van der Waals surface area (Å²) in [6, 6.07) is 8.02. The van der Waals surface area contributed by atoms with Crippen LogP contribution in [0.3, 0.4) is 0 Å². The normalized spacial score (nSPS) is 12.2.